The maximum absolute atomic E-state index is 9.83. The van der Waals surface area contributed by atoms with Crippen molar-refractivity contribution in [3.05, 3.63) is 0 Å². The third-order valence-electron chi connectivity index (χ3n) is 3.32. The van der Waals surface area contributed by atoms with Crippen LogP contribution in [0, 0.1) is 17.8 Å². The lowest BCUT2D eigenvalue weighted by Gasteiger charge is -2.41. The van der Waals surface area contributed by atoms with E-state index < -0.39 is 5.60 Å². The Balaban J connectivity index is 2.62. The molecule has 11 heavy (non-hydrogen) atoms. The summed E-state index contributed by atoms with van der Waals surface area (Å²) in [6.07, 6.45) is 1.94. The van der Waals surface area contributed by atoms with Crippen LogP contribution in [0.25, 0.3) is 0 Å². The fourth-order valence-corrected chi connectivity index (χ4v) is 2.40. The largest absolute Gasteiger partial charge is 0.390 e. The average Bonchev–Trinajstić information content (AvgIpc) is 1.81. The van der Waals surface area contributed by atoms with E-state index in [2.05, 4.69) is 20.8 Å². The van der Waals surface area contributed by atoms with Gasteiger partial charge in [-0.1, -0.05) is 20.8 Å². The zero-order chi connectivity index (χ0) is 8.65. The van der Waals surface area contributed by atoms with Crippen LogP contribution < -0.4 is 0 Å². The molecule has 0 amide bonds. The van der Waals surface area contributed by atoms with Crippen molar-refractivity contribution in [1.29, 1.82) is 0 Å². The highest BCUT2D eigenvalue weighted by Gasteiger charge is 2.36. The van der Waals surface area contributed by atoms with Crippen LogP contribution in [0.3, 0.4) is 0 Å². The van der Waals surface area contributed by atoms with Crippen molar-refractivity contribution in [2.75, 3.05) is 0 Å². The van der Waals surface area contributed by atoms with Gasteiger partial charge in [0.05, 0.1) is 5.60 Å². The lowest BCUT2D eigenvalue weighted by Crippen LogP contribution is -2.39. The molecule has 66 valence electrons. The molecule has 0 aromatic carbocycles. The van der Waals surface area contributed by atoms with Crippen LogP contribution in [0.5, 0.6) is 0 Å². The van der Waals surface area contributed by atoms with Gasteiger partial charge in [-0.25, -0.2) is 0 Å². The Morgan fingerprint density at radius 3 is 1.82 bits per heavy atom. The fraction of sp³-hybridized carbons (Fsp3) is 1.00. The van der Waals surface area contributed by atoms with E-state index in [1.807, 2.05) is 6.92 Å². The summed E-state index contributed by atoms with van der Waals surface area (Å²) in [4.78, 5) is 0. The third kappa shape index (κ3) is 1.96. The van der Waals surface area contributed by atoms with Crippen LogP contribution in [0.4, 0.5) is 0 Å². The topological polar surface area (TPSA) is 20.2 Å². The zero-order valence-electron chi connectivity index (χ0n) is 8.09. The van der Waals surface area contributed by atoms with Crippen LogP contribution >= 0.6 is 0 Å². The number of rotatable bonds is 0. The second-order valence-electron chi connectivity index (χ2n) is 4.72. The van der Waals surface area contributed by atoms with Gasteiger partial charge < -0.3 is 5.11 Å². The van der Waals surface area contributed by atoms with E-state index in [1.165, 1.54) is 0 Å². The molecule has 0 aliphatic heterocycles. The van der Waals surface area contributed by atoms with E-state index in [4.69, 9.17) is 0 Å². The maximum Gasteiger partial charge on any atom is 0.0625 e. The fourth-order valence-electron chi connectivity index (χ4n) is 2.40. The molecule has 1 saturated carbocycles. The van der Waals surface area contributed by atoms with Crippen LogP contribution in [-0.4, -0.2) is 10.7 Å². The van der Waals surface area contributed by atoms with E-state index in [-0.39, 0.29) is 0 Å². The lowest BCUT2D eigenvalue weighted by molar-refractivity contribution is -0.0368. The zero-order valence-corrected chi connectivity index (χ0v) is 8.09. The van der Waals surface area contributed by atoms with Crippen LogP contribution in [0.2, 0.25) is 0 Å². The Morgan fingerprint density at radius 2 is 1.45 bits per heavy atom. The molecule has 1 rings (SSSR count). The highest BCUT2D eigenvalue weighted by atomic mass is 16.3. The van der Waals surface area contributed by atoms with Crippen LogP contribution in [0.1, 0.15) is 40.5 Å². The van der Waals surface area contributed by atoms with Crippen molar-refractivity contribution < 1.29 is 5.11 Å². The summed E-state index contributed by atoms with van der Waals surface area (Å²) in [5.74, 6) is 2.12. The van der Waals surface area contributed by atoms with Crippen molar-refractivity contribution in [3.8, 4) is 0 Å². The van der Waals surface area contributed by atoms with Crippen molar-refractivity contribution >= 4 is 0 Å². The Hall–Kier alpha value is -0.0400. The minimum Gasteiger partial charge on any atom is -0.390 e. The Morgan fingerprint density at radius 1 is 1.09 bits per heavy atom. The predicted octanol–water partition coefficient (Wildman–Crippen LogP) is 2.44. The van der Waals surface area contributed by atoms with Gasteiger partial charge in [0.25, 0.3) is 0 Å². The molecule has 4 atom stereocenters. The summed E-state index contributed by atoms with van der Waals surface area (Å²) in [5.41, 5.74) is -0.397. The van der Waals surface area contributed by atoms with E-state index in [0.717, 1.165) is 18.8 Å². The maximum atomic E-state index is 9.83. The molecule has 1 aliphatic rings. The second-order valence-corrected chi connectivity index (χ2v) is 4.72. The van der Waals surface area contributed by atoms with Crippen LogP contribution in [-0.2, 0) is 0 Å². The average molecular weight is 156 g/mol. The van der Waals surface area contributed by atoms with Gasteiger partial charge in [-0.2, -0.15) is 0 Å². The first-order valence-electron chi connectivity index (χ1n) is 4.65. The predicted molar refractivity (Wildman–Crippen MR) is 47.3 cm³/mol. The minimum atomic E-state index is -0.397. The first-order chi connectivity index (χ1) is 4.92. The number of hydrogen-bond acceptors (Lipinski definition) is 1. The Kier molecular flexibility index (Phi) is 2.29. The molecule has 1 fully saturated rings. The summed E-state index contributed by atoms with van der Waals surface area (Å²) in [7, 11) is 0. The Bertz CT molecular complexity index is 126. The SMILES string of the molecule is CC1C[C@](C)(O)C[C@@H](C)[C@H]1C. The third-order valence-corrected chi connectivity index (χ3v) is 3.32. The van der Waals surface area contributed by atoms with Crippen molar-refractivity contribution in [2.24, 2.45) is 17.8 Å². The summed E-state index contributed by atoms with van der Waals surface area (Å²) in [5, 5.41) is 9.83. The molecule has 1 aliphatic carbocycles. The van der Waals surface area contributed by atoms with E-state index >= 15 is 0 Å². The van der Waals surface area contributed by atoms with Crippen molar-refractivity contribution in [1.82, 2.24) is 0 Å². The standard InChI is InChI=1S/C10H20O/c1-7-5-10(4,11)6-8(2)9(7)3/h7-9,11H,5-6H2,1-4H3/t7-,8?,9-,10-/m1/s1. The molecule has 0 aromatic heterocycles. The van der Waals surface area contributed by atoms with E-state index in [0.29, 0.717) is 11.8 Å². The summed E-state index contributed by atoms with van der Waals surface area (Å²) >= 11 is 0. The van der Waals surface area contributed by atoms with Gasteiger partial charge in [-0.15, -0.1) is 0 Å². The smallest absolute Gasteiger partial charge is 0.0625 e. The monoisotopic (exact) mass is 156 g/mol. The summed E-state index contributed by atoms with van der Waals surface area (Å²) in [6.45, 7) is 8.75. The first-order valence-corrected chi connectivity index (χ1v) is 4.65. The molecule has 1 heteroatoms. The molecule has 1 nitrogen and oxygen atoms in total. The highest BCUT2D eigenvalue weighted by molar-refractivity contribution is 4.87. The quantitative estimate of drug-likeness (QED) is 0.571. The first kappa shape index (κ1) is 9.05. The number of hydrogen-bond donors (Lipinski definition) is 1. The molecule has 0 radical (unpaired) electrons. The van der Waals surface area contributed by atoms with E-state index in [9.17, 15) is 5.11 Å². The Labute approximate surface area is 69.8 Å². The van der Waals surface area contributed by atoms with Gasteiger partial charge in [-0.05, 0) is 37.5 Å². The second kappa shape index (κ2) is 2.78. The lowest BCUT2D eigenvalue weighted by atomic mass is 9.68. The van der Waals surface area contributed by atoms with Crippen molar-refractivity contribution in [3.63, 3.8) is 0 Å². The molecule has 0 aromatic rings. The van der Waals surface area contributed by atoms with E-state index in [1.54, 1.807) is 0 Å². The molecule has 1 unspecified atom stereocenters. The minimum absolute atomic E-state index is 0.397. The summed E-state index contributed by atoms with van der Waals surface area (Å²) < 4.78 is 0. The highest BCUT2D eigenvalue weighted by Crippen LogP contribution is 2.39. The molecular formula is C10H20O. The summed E-state index contributed by atoms with van der Waals surface area (Å²) in [6, 6.07) is 0. The molecular weight excluding hydrogens is 136 g/mol. The van der Waals surface area contributed by atoms with Gasteiger partial charge in [0.15, 0.2) is 0 Å². The van der Waals surface area contributed by atoms with Gasteiger partial charge in [-0.3, -0.25) is 0 Å². The van der Waals surface area contributed by atoms with Gasteiger partial charge >= 0.3 is 0 Å². The van der Waals surface area contributed by atoms with Gasteiger partial charge in [0.1, 0.15) is 0 Å². The molecule has 0 heterocycles. The number of aliphatic hydroxyl groups is 1. The van der Waals surface area contributed by atoms with Crippen molar-refractivity contribution in [2.45, 2.75) is 46.1 Å². The van der Waals surface area contributed by atoms with Gasteiger partial charge in [0, 0.05) is 0 Å². The molecule has 1 N–H and O–H groups in total. The normalized spacial score (nSPS) is 52.6. The molecule has 0 spiro atoms. The van der Waals surface area contributed by atoms with Crippen LogP contribution in [0.15, 0.2) is 0 Å². The molecule has 0 saturated heterocycles. The molecule has 0 bridgehead atoms. The van der Waals surface area contributed by atoms with Gasteiger partial charge in [0.2, 0.25) is 0 Å².